The van der Waals surface area contributed by atoms with Gasteiger partial charge in [0.15, 0.2) is 6.61 Å². The van der Waals surface area contributed by atoms with Crippen molar-refractivity contribution in [3.05, 3.63) is 35.9 Å². The van der Waals surface area contributed by atoms with Crippen molar-refractivity contribution in [3.8, 4) is 24.7 Å². The third-order valence-electron chi connectivity index (χ3n) is 1.39. The first-order chi connectivity index (χ1) is 7.76. The fraction of sp³-hybridized carbons (Fsp3) is 0.154. The number of carbonyl (C=O) groups is 1. The zero-order valence-electron chi connectivity index (χ0n) is 8.72. The van der Waals surface area contributed by atoms with Crippen molar-refractivity contribution in [3.63, 3.8) is 0 Å². The van der Waals surface area contributed by atoms with Crippen molar-refractivity contribution in [1.29, 1.82) is 0 Å². The molecule has 3 nitrogen and oxygen atoms in total. The van der Waals surface area contributed by atoms with Crippen LogP contribution in [-0.2, 0) is 4.74 Å². The minimum Gasteiger partial charge on any atom is -0.449 e. The molecule has 1 aromatic carbocycles. The SMILES string of the molecule is C#CCO.C#CCOC(=O)c1ccccc1. The minimum atomic E-state index is -0.381. The maximum absolute atomic E-state index is 11.1. The first-order valence-electron chi connectivity index (χ1n) is 4.46. The largest absolute Gasteiger partial charge is 0.449 e. The molecule has 0 aliphatic heterocycles. The van der Waals surface area contributed by atoms with Gasteiger partial charge in [0.1, 0.15) is 6.61 Å². The van der Waals surface area contributed by atoms with Crippen molar-refractivity contribution < 1.29 is 14.6 Å². The smallest absolute Gasteiger partial charge is 0.339 e. The van der Waals surface area contributed by atoms with E-state index in [1.54, 1.807) is 24.3 Å². The summed E-state index contributed by atoms with van der Waals surface area (Å²) in [6.45, 7) is -0.131. The van der Waals surface area contributed by atoms with Crippen molar-refractivity contribution in [2.45, 2.75) is 0 Å². The van der Waals surface area contributed by atoms with Crippen LogP contribution in [0.15, 0.2) is 30.3 Å². The number of carbonyl (C=O) groups excluding carboxylic acids is 1. The Balaban J connectivity index is 0.000000487. The molecule has 16 heavy (non-hydrogen) atoms. The molecule has 0 aliphatic carbocycles. The Hall–Kier alpha value is -2.23. The molecular formula is C13H12O3. The van der Waals surface area contributed by atoms with Gasteiger partial charge in [-0.05, 0) is 12.1 Å². The lowest BCUT2D eigenvalue weighted by Gasteiger charge is -1.98. The summed E-state index contributed by atoms with van der Waals surface area (Å²) in [5, 5.41) is 7.64. The lowest BCUT2D eigenvalue weighted by molar-refractivity contribution is 0.0557. The molecule has 0 aliphatic rings. The lowest BCUT2D eigenvalue weighted by Crippen LogP contribution is -2.04. The summed E-state index contributed by atoms with van der Waals surface area (Å²) < 4.78 is 4.70. The second-order valence-corrected chi connectivity index (χ2v) is 2.51. The molecule has 1 N–H and O–H groups in total. The number of rotatable bonds is 2. The lowest BCUT2D eigenvalue weighted by atomic mass is 10.2. The summed E-state index contributed by atoms with van der Waals surface area (Å²) in [6.07, 6.45) is 9.46. The Kier molecular flexibility index (Phi) is 8.03. The van der Waals surface area contributed by atoms with Crippen LogP contribution in [0.25, 0.3) is 0 Å². The van der Waals surface area contributed by atoms with Gasteiger partial charge < -0.3 is 9.84 Å². The van der Waals surface area contributed by atoms with Gasteiger partial charge in [0.05, 0.1) is 5.56 Å². The van der Waals surface area contributed by atoms with Crippen molar-refractivity contribution in [2.75, 3.05) is 13.2 Å². The van der Waals surface area contributed by atoms with Gasteiger partial charge in [0.2, 0.25) is 0 Å². The van der Waals surface area contributed by atoms with E-state index in [9.17, 15) is 4.79 Å². The molecule has 0 saturated carbocycles. The molecule has 0 atom stereocenters. The van der Waals surface area contributed by atoms with Gasteiger partial charge in [-0.15, -0.1) is 12.8 Å². The predicted molar refractivity (Wildman–Crippen MR) is 61.5 cm³/mol. The summed E-state index contributed by atoms with van der Waals surface area (Å²) in [5.74, 6) is 3.83. The fourth-order valence-corrected chi connectivity index (χ4v) is 0.765. The summed E-state index contributed by atoms with van der Waals surface area (Å²) >= 11 is 0. The molecule has 3 heteroatoms. The Morgan fingerprint density at radius 3 is 2.25 bits per heavy atom. The van der Waals surface area contributed by atoms with E-state index >= 15 is 0 Å². The van der Waals surface area contributed by atoms with E-state index in [2.05, 4.69) is 12.3 Å². The van der Waals surface area contributed by atoms with E-state index in [4.69, 9.17) is 16.3 Å². The zero-order chi connectivity index (χ0) is 12.2. The van der Waals surface area contributed by atoms with Gasteiger partial charge in [-0.1, -0.05) is 30.0 Å². The Morgan fingerprint density at radius 2 is 1.81 bits per heavy atom. The first-order valence-corrected chi connectivity index (χ1v) is 4.46. The van der Waals surface area contributed by atoms with E-state index in [1.807, 2.05) is 12.0 Å². The van der Waals surface area contributed by atoms with Crippen LogP contribution in [0.2, 0.25) is 0 Å². The fourth-order valence-electron chi connectivity index (χ4n) is 0.765. The van der Waals surface area contributed by atoms with Crippen molar-refractivity contribution in [2.24, 2.45) is 0 Å². The highest BCUT2D eigenvalue weighted by atomic mass is 16.5. The molecule has 0 aromatic heterocycles. The van der Waals surface area contributed by atoms with Crippen LogP contribution in [0.5, 0.6) is 0 Å². The van der Waals surface area contributed by atoms with E-state index in [0.717, 1.165) is 0 Å². The number of aliphatic hydroxyl groups is 1. The number of terminal acetylenes is 2. The second-order valence-electron chi connectivity index (χ2n) is 2.51. The predicted octanol–water partition coefficient (Wildman–Crippen LogP) is 1.09. The van der Waals surface area contributed by atoms with Gasteiger partial charge in [-0.25, -0.2) is 4.79 Å². The summed E-state index contributed by atoms with van der Waals surface area (Å²) in [4.78, 5) is 11.1. The van der Waals surface area contributed by atoms with Gasteiger partial charge in [0, 0.05) is 0 Å². The van der Waals surface area contributed by atoms with Gasteiger partial charge >= 0.3 is 5.97 Å². The number of hydrogen-bond acceptors (Lipinski definition) is 3. The molecule has 0 amide bonds. The van der Waals surface area contributed by atoms with Crippen LogP contribution in [0, 0.1) is 24.7 Å². The standard InChI is InChI=1S/C10H8O2.C3H4O/c1-2-8-12-10(11)9-6-4-3-5-7-9;1-2-3-4/h1,3-7H,8H2;1,4H,3H2. The van der Waals surface area contributed by atoms with Crippen LogP contribution in [0.1, 0.15) is 10.4 Å². The molecule has 0 unspecified atom stereocenters. The highest BCUT2D eigenvalue weighted by molar-refractivity contribution is 5.89. The molecule has 0 saturated heterocycles. The quantitative estimate of drug-likeness (QED) is 0.594. The zero-order valence-corrected chi connectivity index (χ0v) is 8.72. The number of benzene rings is 1. The molecule has 1 rings (SSSR count). The first kappa shape index (κ1) is 13.8. The average molecular weight is 216 g/mol. The average Bonchev–Trinajstić information content (AvgIpc) is 2.37. The number of esters is 1. The summed E-state index contributed by atoms with van der Waals surface area (Å²) in [5.41, 5.74) is 0.521. The maximum Gasteiger partial charge on any atom is 0.339 e. The van der Waals surface area contributed by atoms with E-state index in [-0.39, 0.29) is 19.2 Å². The topological polar surface area (TPSA) is 46.5 Å². The monoisotopic (exact) mass is 216 g/mol. The van der Waals surface area contributed by atoms with Crippen LogP contribution < -0.4 is 0 Å². The molecule has 1 aromatic rings. The van der Waals surface area contributed by atoms with Crippen LogP contribution >= 0.6 is 0 Å². The number of ether oxygens (including phenoxy) is 1. The Morgan fingerprint density at radius 1 is 1.25 bits per heavy atom. The van der Waals surface area contributed by atoms with E-state index in [1.165, 1.54) is 0 Å². The molecular weight excluding hydrogens is 204 g/mol. The third-order valence-corrected chi connectivity index (χ3v) is 1.39. The van der Waals surface area contributed by atoms with Gasteiger partial charge in [0.25, 0.3) is 0 Å². The molecule has 0 radical (unpaired) electrons. The highest BCUT2D eigenvalue weighted by Gasteiger charge is 2.03. The van der Waals surface area contributed by atoms with Crippen LogP contribution in [0.4, 0.5) is 0 Å². The van der Waals surface area contributed by atoms with Gasteiger partial charge in [-0.2, -0.15) is 0 Å². The molecule has 0 fully saturated rings. The summed E-state index contributed by atoms with van der Waals surface area (Å²) in [7, 11) is 0. The number of aliphatic hydroxyl groups excluding tert-OH is 1. The Bertz CT molecular complexity index is 382. The second kappa shape index (κ2) is 9.33. The highest BCUT2D eigenvalue weighted by Crippen LogP contribution is 1.99. The third kappa shape index (κ3) is 6.26. The van der Waals surface area contributed by atoms with Crippen LogP contribution in [-0.4, -0.2) is 24.3 Å². The number of hydrogen-bond donors (Lipinski definition) is 1. The maximum atomic E-state index is 11.1. The van der Waals surface area contributed by atoms with Crippen molar-refractivity contribution in [1.82, 2.24) is 0 Å². The summed E-state index contributed by atoms with van der Waals surface area (Å²) in [6, 6.07) is 8.73. The Labute approximate surface area is 95.1 Å². The molecule has 0 spiro atoms. The van der Waals surface area contributed by atoms with E-state index in [0.29, 0.717) is 5.56 Å². The minimum absolute atomic E-state index is 0.0216. The van der Waals surface area contributed by atoms with Crippen LogP contribution in [0.3, 0.4) is 0 Å². The molecule has 0 heterocycles. The molecule has 0 bridgehead atoms. The normalized spacial score (nSPS) is 7.69. The van der Waals surface area contributed by atoms with Crippen molar-refractivity contribution >= 4 is 5.97 Å². The van der Waals surface area contributed by atoms with Gasteiger partial charge in [-0.3, -0.25) is 0 Å². The van der Waals surface area contributed by atoms with E-state index < -0.39 is 0 Å². The molecule has 82 valence electrons.